The molecule has 0 radical (unpaired) electrons. The third-order valence-corrected chi connectivity index (χ3v) is 7.52. The fourth-order valence-corrected chi connectivity index (χ4v) is 5.97. The van der Waals surface area contributed by atoms with E-state index >= 15 is 0 Å². The van der Waals surface area contributed by atoms with Gasteiger partial charge in [-0.25, -0.2) is 4.79 Å². The van der Waals surface area contributed by atoms with Crippen LogP contribution in [0.25, 0.3) is 11.5 Å². The molecule has 1 aromatic carbocycles. The van der Waals surface area contributed by atoms with Crippen molar-refractivity contribution in [3.63, 3.8) is 0 Å². The molecular weight excluding hydrogens is 479 g/mol. The highest BCUT2D eigenvalue weighted by molar-refractivity contribution is 7.99. The van der Waals surface area contributed by atoms with Crippen molar-refractivity contribution in [2.24, 2.45) is 0 Å². The van der Waals surface area contributed by atoms with Crippen LogP contribution in [0.1, 0.15) is 41.5 Å². The molecule has 1 N–H and O–H groups in total. The number of thioether (sulfide) groups is 2. The van der Waals surface area contributed by atoms with E-state index in [0.717, 1.165) is 36.1 Å². The summed E-state index contributed by atoms with van der Waals surface area (Å²) in [5, 5.41) is 18.1. The number of nitrogens with zero attached hydrogens (tertiary/aromatic N) is 3. The molecule has 12 heteroatoms. The number of alkyl halides is 3. The molecule has 2 aromatic heterocycles. The minimum absolute atomic E-state index is 0.0279. The summed E-state index contributed by atoms with van der Waals surface area (Å²) >= 11 is 2.57. The predicted octanol–water partition coefficient (Wildman–Crippen LogP) is 4.82. The van der Waals surface area contributed by atoms with Crippen LogP contribution in [0, 0.1) is 0 Å². The molecule has 1 aliphatic carbocycles. The van der Waals surface area contributed by atoms with Crippen LogP contribution in [0.5, 0.6) is 0 Å². The third kappa shape index (κ3) is 4.29. The van der Waals surface area contributed by atoms with Crippen molar-refractivity contribution < 1.29 is 27.5 Å². The van der Waals surface area contributed by atoms with E-state index in [1.54, 1.807) is 0 Å². The molecule has 7 nitrogen and oxygen atoms in total. The van der Waals surface area contributed by atoms with Gasteiger partial charge in [-0.2, -0.15) is 13.2 Å². The maximum Gasteiger partial charge on any atom is 0.416 e. The monoisotopic (exact) mass is 495 g/mol. The highest BCUT2D eigenvalue weighted by Crippen LogP contribution is 2.49. The van der Waals surface area contributed by atoms with Gasteiger partial charge >= 0.3 is 12.1 Å². The predicted molar refractivity (Wildman–Crippen MR) is 114 cm³/mol. The molecule has 0 bridgehead atoms. The van der Waals surface area contributed by atoms with Crippen LogP contribution in [0.2, 0.25) is 0 Å². The summed E-state index contributed by atoms with van der Waals surface area (Å²) in [6.07, 6.45) is -2.53. The van der Waals surface area contributed by atoms with E-state index in [1.807, 2.05) is 0 Å². The Bertz CT molecular complexity index is 1300. The number of rotatable bonds is 6. The average molecular weight is 496 g/mol. The molecule has 0 spiro atoms. The van der Waals surface area contributed by atoms with Crippen LogP contribution >= 0.6 is 23.5 Å². The molecule has 3 aromatic rings. The number of carboxylic acids is 1. The van der Waals surface area contributed by atoms with Crippen LogP contribution in [-0.2, 0) is 16.7 Å². The smallest absolute Gasteiger partial charge is 0.416 e. The molecule has 33 heavy (non-hydrogen) atoms. The second-order valence-corrected chi connectivity index (χ2v) is 9.71. The first-order valence-electron chi connectivity index (χ1n) is 10.00. The summed E-state index contributed by atoms with van der Waals surface area (Å²) in [6, 6.07) is 5.24. The summed E-state index contributed by atoms with van der Waals surface area (Å²) in [6.45, 7) is 0. The molecule has 1 saturated carbocycles. The van der Waals surface area contributed by atoms with Crippen LogP contribution in [0.4, 0.5) is 13.2 Å². The van der Waals surface area contributed by atoms with E-state index in [1.165, 1.54) is 46.3 Å². The summed E-state index contributed by atoms with van der Waals surface area (Å²) in [5.74, 6) is -0.117. The lowest BCUT2D eigenvalue weighted by atomic mass is 10.1. The van der Waals surface area contributed by atoms with Crippen molar-refractivity contribution in [2.45, 2.75) is 47.0 Å². The van der Waals surface area contributed by atoms with Gasteiger partial charge in [0.15, 0.2) is 0 Å². The number of carbonyl (C=O) groups is 1. The van der Waals surface area contributed by atoms with Crippen LogP contribution in [-0.4, -0.2) is 31.6 Å². The van der Waals surface area contributed by atoms with Crippen LogP contribution in [0.3, 0.4) is 0 Å². The minimum Gasteiger partial charge on any atom is -0.480 e. The summed E-state index contributed by atoms with van der Waals surface area (Å²) in [4.78, 5) is 24.2. The lowest BCUT2D eigenvalue weighted by molar-refractivity contribution is -0.140. The second-order valence-electron chi connectivity index (χ2n) is 7.78. The van der Waals surface area contributed by atoms with Gasteiger partial charge in [-0.05, 0) is 48.1 Å². The van der Waals surface area contributed by atoms with Gasteiger partial charge in [-0.3, -0.25) is 9.36 Å². The normalized spacial score (nSPS) is 17.8. The van der Waals surface area contributed by atoms with Gasteiger partial charge in [0.1, 0.15) is 6.04 Å². The molecule has 5 rings (SSSR count). The van der Waals surface area contributed by atoms with E-state index in [9.17, 15) is 27.9 Å². The molecule has 1 unspecified atom stereocenters. The quantitative estimate of drug-likeness (QED) is 0.486. The van der Waals surface area contributed by atoms with Crippen LogP contribution < -0.4 is 5.56 Å². The van der Waals surface area contributed by atoms with E-state index in [4.69, 9.17) is 4.42 Å². The van der Waals surface area contributed by atoms with Gasteiger partial charge in [0.2, 0.25) is 5.89 Å². The zero-order chi connectivity index (χ0) is 23.3. The number of halogens is 3. The molecule has 1 aliphatic heterocycles. The molecule has 1 atom stereocenters. The number of pyridine rings is 1. The zero-order valence-corrected chi connectivity index (χ0v) is 18.5. The summed E-state index contributed by atoms with van der Waals surface area (Å²) in [5.41, 5.74) is 0.772. The van der Waals surface area contributed by atoms with Crippen molar-refractivity contribution in [2.75, 3.05) is 5.75 Å². The lowest BCUT2D eigenvalue weighted by Crippen LogP contribution is -2.29. The fourth-order valence-electron chi connectivity index (χ4n) is 3.80. The highest BCUT2D eigenvalue weighted by Gasteiger charge is 2.37. The second kappa shape index (κ2) is 8.24. The molecule has 2 aliphatic rings. The first-order chi connectivity index (χ1) is 15.7. The maximum atomic E-state index is 13.0. The Morgan fingerprint density at radius 1 is 1.27 bits per heavy atom. The molecule has 0 amide bonds. The van der Waals surface area contributed by atoms with Gasteiger partial charge < -0.3 is 9.52 Å². The Morgan fingerprint density at radius 2 is 2.06 bits per heavy atom. The lowest BCUT2D eigenvalue weighted by Gasteiger charge is -2.15. The van der Waals surface area contributed by atoms with Gasteiger partial charge in [-0.1, -0.05) is 17.8 Å². The van der Waals surface area contributed by atoms with Gasteiger partial charge in [0, 0.05) is 23.1 Å². The van der Waals surface area contributed by atoms with Gasteiger partial charge in [0.25, 0.3) is 10.8 Å². The SMILES string of the molecule is O=C(O)C1CSc2c(C3CC3)c(CSc3nnc(-c4cccc(C(F)(F)F)c4)o3)cc(=O)n21. The van der Waals surface area contributed by atoms with E-state index in [-0.39, 0.29) is 28.2 Å². The van der Waals surface area contributed by atoms with Gasteiger partial charge in [-0.15, -0.1) is 22.0 Å². The maximum absolute atomic E-state index is 13.0. The van der Waals surface area contributed by atoms with Crippen molar-refractivity contribution in [3.05, 3.63) is 57.4 Å². The molecule has 0 saturated heterocycles. The van der Waals surface area contributed by atoms with Crippen molar-refractivity contribution in [1.29, 1.82) is 0 Å². The Balaban J connectivity index is 1.39. The van der Waals surface area contributed by atoms with Crippen molar-refractivity contribution in [3.8, 4) is 11.5 Å². The number of aliphatic carboxylic acids is 1. The third-order valence-electron chi connectivity index (χ3n) is 5.49. The zero-order valence-electron chi connectivity index (χ0n) is 16.8. The first kappa shape index (κ1) is 22.1. The van der Waals surface area contributed by atoms with E-state index in [2.05, 4.69) is 10.2 Å². The fraction of sp³-hybridized carbons (Fsp3) is 0.333. The number of hydrogen-bond acceptors (Lipinski definition) is 7. The Hall–Kier alpha value is -2.73. The minimum atomic E-state index is -4.48. The molecule has 3 heterocycles. The molecular formula is C21H16F3N3O4S2. The molecule has 172 valence electrons. The largest absolute Gasteiger partial charge is 0.480 e. The number of hydrogen-bond donors (Lipinski definition) is 1. The molecule has 1 fully saturated rings. The Labute approximate surface area is 193 Å². The summed E-state index contributed by atoms with van der Waals surface area (Å²) in [7, 11) is 0. The van der Waals surface area contributed by atoms with Gasteiger partial charge in [0.05, 0.1) is 10.6 Å². The standard InChI is InChI=1S/C21H16F3N3O4S2/c22-21(23,24)13-3-1-2-11(6-13)17-25-26-20(31-17)33-8-12-7-15(28)27-14(19(29)30)9-32-18(27)16(12)10-4-5-10/h1-3,6-7,10,14H,4-5,8-9H2,(H,29,30). The average Bonchev–Trinajstić information content (AvgIpc) is 3.31. The Morgan fingerprint density at radius 3 is 2.76 bits per heavy atom. The Kier molecular flexibility index (Phi) is 5.52. The summed E-state index contributed by atoms with van der Waals surface area (Å²) < 4.78 is 45.8. The number of aromatic nitrogens is 3. The van der Waals surface area contributed by atoms with E-state index < -0.39 is 23.8 Å². The number of benzene rings is 1. The number of fused-ring (bicyclic) bond motifs is 1. The van der Waals surface area contributed by atoms with E-state index in [0.29, 0.717) is 16.5 Å². The van der Waals surface area contributed by atoms with Crippen molar-refractivity contribution >= 4 is 29.5 Å². The first-order valence-corrected chi connectivity index (χ1v) is 12.0. The number of carboxylic acid groups (broad SMARTS) is 1. The van der Waals surface area contributed by atoms with Crippen LogP contribution in [0.15, 0.2) is 49.8 Å². The topological polar surface area (TPSA) is 98.2 Å². The van der Waals surface area contributed by atoms with Crippen molar-refractivity contribution in [1.82, 2.24) is 14.8 Å². The highest BCUT2D eigenvalue weighted by atomic mass is 32.2.